The predicted octanol–water partition coefficient (Wildman–Crippen LogP) is 0.950. The molecular weight excluding hydrogens is 198 g/mol. The molecule has 1 aliphatic rings. The van der Waals surface area contributed by atoms with Crippen molar-refractivity contribution in [2.24, 2.45) is 17.4 Å². The third-order valence-corrected chi connectivity index (χ3v) is 4.66. The van der Waals surface area contributed by atoms with Crippen LogP contribution in [0.3, 0.4) is 0 Å². The van der Waals surface area contributed by atoms with Crippen molar-refractivity contribution in [2.75, 3.05) is 6.16 Å². The molecule has 1 aliphatic carbocycles. The summed E-state index contributed by atoms with van der Waals surface area (Å²) in [4.78, 5) is 0. The zero-order valence-corrected chi connectivity index (χ0v) is 10.7. The number of hydrogen-bond donors (Lipinski definition) is 2. The Bertz CT molecular complexity index is 177. The van der Waals surface area contributed by atoms with E-state index in [1.165, 1.54) is 12.8 Å². The van der Waals surface area contributed by atoms with Crippen molar-refractivity contribution in [2.45, 2.75) is 43.4 Å². The largest absolute Gasteiger partial charge is 0.326 e. The first kappa shape index (κ1) is 11.9. The second kappa shape index (κ2) is 4.53. The Kier molecular flexibility index (Phi) is 4.13. The zero-order chi connectivity index (χ0) is 10.1. The Morgan fingerprint density at radius 2 is 2.08 bits per heavy atom. The molecule has 2 nitrogen and oxygen atoms in total. The maximum absolute atomic E-state index is 6.18. The minimum Gasteiger partial charge on any atom is -0.326 e. The first-order valence-corrected chi connectivity index (χ1v) is 6.41. The SMILES string of the molecule is C[C@@H]1CC[C@](P)(CCP)[C@H](N)C1N. The van der Waals surface area contributed by atoms with Crippen molar-refractivity contribution in [1.82, 2.24) is 0 Å². The van der Waals surface area contributed by atoms with Crippen molar-refractivity contribution in [3.63, 3.8) is 0 Å². The van der Waals surface area contributed by atoms with Crippen LogP contribution in [-0.2, 0) is 0 Å². The normalized spacial score (nSPS) is 46.4. The van der Waals surface area contributed by atoms with Crippen LogP contribution in [0.4, 0.5) is 0 Å². The van der Waals surface area contributed by atoms with Crippen molar-refractivity contribution >= 4 is 18.5 Å². The van der Waals surface area contributed by atoms with Crippen molar-refractivity contribution in [3.8, 4) is 0 Å². The molecule has 0 aromatic carbocycles. The smallest absolute Gasteiger partial charge is 0.0287 e. The van der Waals surface area contributed by atoms with Crippen LogP contribution in [0, 0.1) is 5.92 Å². The molecule has 1 saturated carbocycles. The van der Waals surface area contributed by atoms with Gasteiger partial charge in [-0.3, -0.25) is 0 Å². The zero-order valence-electron chi connectivity index (χ0n) is 8.37. The standard InChI is InChI=1S/C9H22N2P2/c1-6-2-3-9(13,4-5-12)8(11)7(6)10/h6-8H,2-5,10-13H2,1H3/t6-,7?,8-,9+/m1/s1. The first-order chi connectivity index (χ1) is 6.01. The van der Waals surface area contributed by atoms with E-state index in [9.17, 15) is 0 Å². The second-order valence-electron chi connectivity index (χ2n) is 4.39. The summed E-state index contributed by atoms with van der Waals surface area (Å²) in [6, 6.07) is 0.310. The minimum absolute atomic E-state index is 0.141. The van der Waals surface area contributed by atoms with E-state index in [2.05, 4.69) is 25.4 Å². The maximum Gasteiger partial charge on any atom is 0.0287 e. The average Bonchev–Trinajstić information content (AvgIpc) is 2.10. The van der Waals surface area contributed by atoms with Gasteiger partial charge in [-0.1, -0.05) is 6.92 Å². The Morgan fingerprint density at radius 3 is 2.62 bits per heavy atom. The molecule has 0 aromatic heterocycles. The van der Waals surface area contributed by atoms with Gasteiger partial charge in [-0.25, -0.2) is 0 Å². The summed E-state index contributed by atoms with van der Waals surface area (Å²) >= 11 is 0. The molecule has 0 aliphatic heterocycles. The van der Waals surface area contributed by atoms with Crippen molar-refractivity contribution in [3.05, 3.63) is 0 Å². The van der Waals surface area contributed by atoms with Gasteiger partial charge < -0.3 is 11.5 Å². The molecule has 1 rings (SSSR count). The molecular formula is C9H22N2P2. The number of hydrogen-bond acceptors (Lipinski definition) is 2. The predicted molar refractivity (Wildman–Crippen MR) is 66.0 cm³/mol. The monoisotopic (exact) mass is 220 g/mol. The van der Waals surface area contributed by atoms with Crippen molar-refractivity contribution in [1.29, 1.82) is 0 Å². The van der Waals surface area contributed by atoms with E-state index in [0.717, 1.165) is 12.6 Å². The quantitative estimate of drug-likeness (QED) is 0.681. The number of rotatable bonds is 2. The van der Waals surface area contributed by atoms with E-state index in [1.54, 1.807) is 0 Å². The average molecular weight is 220 g/mol. The molecule has 4 N–H and O–H groups in total. The first-order valence-electron chi connectivity index (χ1n) is 5.01. The highest BCUT2D eigenvalue weighted by Crippen LogP contribution is 2.40. The molecule has 0 bridgehead atoms. The highest BCUT2D eigenvalue weighted by Gasteiger charge is 2.40. The molecule has 4 heteroatoms. The van der Waals surface area contributed by atoms with E-state index < -0.39 is 0 Å². The lowest BCUT2D eigenvalue weighted by atomic mass is 9.74. The fourth-order valence-corrected chi connectivity index (χ4v) is 3.58. The van der Waals surface area contributed by atoms with E-state index in [1.807, 2.05) is 0 Å². The van der Waals surface area contributed by atoms with Crippen molar-refractivity contribution < 1.29 is 0 Å². The summed E-state index contributed by atoms with van der Waals surface area (Å²) in [5.74, 6) is 0.577. The summed E-state index contributed by atoms with van der Waals surface area (Å²) in [7, 11) is 5.72. The summed E-state index contributed by atoms with van der Waals surface area (Å²) in [5, 5.41) is 0.188. The van der Waals surface area contributed by atoms with Crippen LogP contribution in [0.25, 0.3) is 0 Å². The van der Waals surface area contributed by atoms with Gasteiger partial charge in [0.2, 0.25) is 0 Å². The molecule has 0 amide bonds. The lowest BCUT2D eigenvalue weighted by molar-refractivity contribution is 0.235. The Balaban J connectivity index is 2.67. The van der Waals surface area contributed by atoms with Gasteiger partial charge in [0.25, 0.3) is 0 Å². The lowest BCUT2D eigenvalue weighted by Crippen LogP contribution is -2.60. The van der Waals surface area contributed by atoms with Crippen LogP contribution in [0.5, 0.6) is 0 Å². The topological polar surface area (TPSA) is 52.0 Å². The molecule has 0 radical (unpaired) electrons. The second-order valence-corrected chi connectivity index (χ2v) is 6.12. The van der Waals surface area contributed by atoms with Crippen LogP contribution in [-0.4, -0.2) is 23.4 Å². The third kappa shape index (κ3) is 2.42. The van der Waals surface area contributed by atoms with Gasteiger partial charge in [-0.15, -0.1) is 18.5 Å². The molecule has 0 aromatic rings. The molecule has 78 valence electrons. The Labute approximate surface area is 86.0 Å². The molecule has 0 saturated heterocycles. The van der Waals surface area contributed by atoms with Crippen LogP contribution in [0.1, 0.15) is 26.2 Å². The van der Waals surface area contributed by atoms with Gasteiger partial charge >= 0.3 is 0 Å². The highest BCUT2D eigenvalue weighted by atomic mass is 31.0. The molecule has 0 heterocycles. The van der Waals surface area contributed by atoms with E-state index >= 15 is 0 Å². The molecule has 13 heavy (non-hydrogen) atoms. The summed E-state index contributed by atoms with van der Waals surface area (Å²) < 4.78 is 0. The van der Waals surface area contributed by atoms with E-state index in [-0.39, 0.29) is 17.2 Å². The molecule has 1 fully saturated rings. The van der Waals surface area contributed by atoms with Crippen LogP contribution < -0.4 is 11.5 Å². The van der Waals surface area contributed by atoms with Crippen LogP contribution in [0.15, 0.2) is 0 Å². The van der Waals surface area contributed by atoms with E-state index in [0.29, 0.717) is 5.92 Å². The van der Waals surface area contributed by atoms with Gasteiger partial charge in [0.15, 0.2) is 0 Å². The summed E-state index contributed by atoms with van der Waals surface area (Å²) in [6.07, 6.45) is 4.66. The lowest BCUT2D eigenvalue weighted by Gasteiger charge is -2.45. The highest BCUT2D eigenvalue weighted by molar-refractivity contribution is 7.19. The van der Waals surface area contributed by atoms with Gasteiger partial charge in [-0.05, 0) is 31.3 Å². The molecule has 3 unspecified atom stereocenters. The Hall–Kier alpha value is 0.780. The molecule has 0 spiro atoms. The molecule has 6 atom stereocenters. The van der Waals surface area contributed by atoms with Gasteiger partial charge in [0, 0.05) is 17.2 Å². The Morgan fingerprint density at radius 1 is 1.46 bits per heavy atom. The van der Waals surface area contributed by atoms with Gasteiger partial charge in [0.05, 0.1) is 0 Å². The fraction of sp³-hybridized carbons (Fsp3) is 1.00. The van der Waals surface area contributed by atoms with Crippen LogP contribution in [0.2, 0.25) is 0 Å². The third-order valence-electron chi connectivity index (χ3n) is 3.41. The van der Waals surface area contributed by atoms with E-state index in [4.69, 9.17) is 11.5 Å². The van der Waals surface area contributed by atoms with Gasteiger partial charge in [-0.2, -0.15) is 0 Å². The summed E-state index contributed by atoms with van der Waals surface area (Å²) in [6.45, 7) is 2.20. The number of nitrogens with two attached hydrogens (primary N) is 2. The van der Waals surface area contributed by atoms with Gasteiger partial charge in [0.1, 0.15) is 0 Å². The summed E-state index contributed by atoms with van der Waals surface area (Å²) in [5.41, 5.74) is 12.3. The van der Waals surface area contributed by atoms with Crippen LogP contribution >= 0.6 is 18.5 Å². The minimum atomic E-state index is 0.141. The fourth-order valence-electron chi connectivity index (χ4n) is 2.15. The maximum atomic E-state index is 6.18.